The molecule has 1 saturated carbocycles. The van der Waals surface area contributed by atoms with E-state index in [1.807, 2.05) is 24.3 Å². The topological polar surface area (TPSA) is 94.6 Å². The lowest BCUT2D eigenvalue weighted by Crippen LogP contribution is -2.48. The Kier molecular flexibility index (Phi) is 4.89. The second-order valence-corrected chi connectivity index (χ2v) is 6.67. The summed E-state index contributed by atoms with van der Waals surface area (Å²) < 4.78 is 12.0. The van der Waals surface area contributed by atoms with Crippen LogP contribution >= 0.6 is 15.9 Å². The summed E-state index contributed by atoms with van der Waals surface area (Å²) in [7, 11) is 0. The Bertz CT molecular complexity index is 753. The quantitative estimate of drug-likeness (QED) is 0.789. The minimum absolute atomic E-state index is 0.0264. The maximum Gasteiger partial charge on any atom is 0.287 e. The fraction of sp³-hybridized carbons (Fsp3) is 0.294. The van der Waals surface area contributed by atoms with E-state index >= 15 is 0 Å². The monoisotopic (exact) mass is 392 g/mol. The molecule has 0 aliphatic heterocycles. The molecule has 0 saturated heterocycles. The molecule has 1 aromatic heterocycles. The molecule has 3 rings (SSSR count). The number of primary amides is 1. The van der Waals surface area contributed by atoms with Crippen molar-refractivity contribution < 1.29 is 18.7 Å². The van der Waals surface area contributed by atoms with Gasteiger partial charge in [-0.3, -0.25) is 9.59 Å². The minimum atomic E-state index is -0.314. The molecular formula is C17H17BrN2O4. The van der Waals surface area contributed by atoms with Crippen molar-refractivity contribution in [3.8, 4) is 5.75 Å². The molecule has 0 spiro atoms. The molecule has 0 atom stereocenters. The van der Waals surface area contributed by atoms with Gasteiger partial charge in [-0.05, 0) is 43.2 Å². The second kappa shape index (κ2) is 7.09. The average Bonchev–Trinajstić information content (AvgIpc) is 2.97. The van der Waals surface area contributed by atoms with Crippen LogP contribution in [0.1, 0.15) is 29.2 Å². The number of ether oxygens (including phenoxy) is 1. The predicted octanol–water partition coefficient (Wildman–Crippen LogP) is 2.61. The highest BCUT2D eigenvalue weighted by Crippen LogP contribution is 2.27. The number of nitrogens with two attached hydrogens (primary N) is 1. The van der Waals surface area contributed by atoms with Gasteiger partial charge in [-0.15, -0.1) is 0 Å². The fourth-order valence-corrected chi connectivity index (χ4v) is 2.89. The number of carbonyl (C=O) groups excluding carboxylic acids is 2. The standard InChI is InChI=1S/C17H17BrN2O4/c18-11-2-1-3-13(8-11)23-9-14-4-5-15(24-14)17(22)20-12-6-10(7-12)16(19)21/h1-5,8,10,12H,6-7,9H2,(H2,19,21)(H,20,22). The van der Waals surface area contributed by atoms with Crippen LogP contribution in [0.25, 0.3) is 0 Å². The van der Waals surface area contributed by atoms with Crippen LogP contribution in [0, 0.1) is 5.92 Å². The third-order valence-corrected chi connectivity index (χ3v) is 4.43. The largest absolute Gasteiger partial charge is 0.486 e. The van der Waals surface area contributed by atoms with Gasteiger partial charge in [0.25, 0.3) is 5.91 Å². The number of carbonyl (C=O) groups is 2. The number of benzene rings is 1. The van der Waals surface area contributed by atoms with Gasteiger partial charge < -0.3 is 20.2 Å². The van der Waals surface area contributed by atoms with Crippen LogP contribution in [0.15, 0.2) is 45.3 Å². The number of furan rings is 1. The summed E-state index contributed by atoms with van der Waals surface area (Å²) in [5.41, 5.74) is 5.21. The molecule has 2 aromatic rings. The van der Waals surface area contributed by atoms with Crippen molar-refractivity contribution in [2.24, 2.45) is 11.7 Å². The van der Waals surface area contributed by atoms with E-state index in [1.54, 1.807) is 12.1 Å². The third kappa shape index (κ3) is 3.97. The Morgan fingerprint density at radius 2 is 2.08 bits per heavy atom. The number of hydrogen-bond acceptors (Lipinski definition) is 4. The summed E-state index contributed by atoms with van der Waals surface area (Å²) in [5, 5.41) is 2.82. The highest BCUT2D eigenvalue weighted by Gasteiger charge is 2.34. The summed E-state index contributed by atoms with van der Waals surface area (Å²) in [6, 6.07) is 10.8. The van der Waals surface area contributed by atoms with Gasteiger partial charge in [-0.25, -0.2) is 0 Å². The molecule has 1 aromatic carbocycles. The lowest BCUT2D eigenvalue weighted by Gasteiger charge is -2.33. The number of hydrogen-bond donors (Lipinski definition) is 2. The molecule has 0 radical (unpaired) electrons. The second-order valence-electron chi connectivity index (χ2n) is 5.75. The Labute approximate surface area is 147 Å². The van der Waals surface area contributed by atoms with Gasteiger partial charge in [0.15, 0.2) is 5.76 Å². The van der Waals surface area contributed by atoms with Crippen LogP contribution in [0.2, 0.25) is 0 Å². The fourth-order valence-electron chi connectivity index (χ4n) is 2.51. The van der Waals surface area contributed by atoms with E-state index in [0.717, 1.165) is 4.47 Å². The van der Waals surface area contributed by atoms with Crippen LogP contribution in [0.5, 0.6) is 5.75 Å². The molecule has 1 heterocycles. The first-order valence-corrected chi connectivity index (χ1v) is 8.38. The molecule has 7 heteroatoms. The molecule has 2 amide bonds. The number of nitrogens with one attached hydrogen (secondary N) is 1. The molecular weight excluding hydrogens is 376 g/mol. The van der Waals surface area contributed by atoms with Crippen molar-refractivity contribution in [1.29, 1.82) is 0 Å². The Morgan fingerprint density at radius 1 is 1.29 bits per heavy atom. The first kappa shape index (κ1) is 16.6. The van der Waals surface area contributed by atoms with Gasteiger partial charge >= 0.3 is 0 Å². The predicted molar refractivity (Wildman–Crippen MR) is 90.4 cm³/mol. The van der Waals surface area contributed by atoms with E-state index in [1.165, 1.54) is 0 Å². The first-order valence-electron chi connectivity index (χ1n) is 7.58. The van der Waals surface area contributed by atoms with Crippen molar-refractivity contribution in [2.45, 2.75) is 25.5 Å². The van der Waals surface area contributed by atoms with Gasteiger partial charge in [0, 0.05) is 16.4 Å². The Morgan fingerprint density at radius 3 is 2.79 bits per heavy atom. The van der Waals surface area contributed by atoms with E-state index in [4.69, 9.17) is 14.9 Å². The zero-order valence-electron chi connectivity index (χ0n) is 12.8. The van der Waals surface area contributed by atoms with Gasteiger partial charge in [-0.1, -0.05) is 22.0 Å². The molecule has 1 fully saturated rings. The summed E-state index contributed by atoms with van der Waals surface area (Å²) in [6.45, 7) is 0.233. The van der Waals surface area contributed by atoms with Crippen LogP contribution in [-0.2, 0) is 11.4 Å². The van der Waals surface area contributed by atoms with Crippen molar-refractivity contribution >= 4 is 27.7 Å². The van der Waals surface area contributed by atoms with Crippen LogP contribution in [0.4, 0.5) is 0 Å². The van der Waals surface area contributed by atoms with Crippen molar-refractivity contribution in [3.05, 3.63) is 52.4 Å². The van der Waals surface area contributed by atoms with E-state index in [-0.39, 0.29) is 36.1 Å². The molecule has 0 bridgehead atoms. The van der Waals surface area contributed by atoms with Crippen LogP contribution in [0.3, 0.4) is 0 Å². The van der Waals surface area contributed by atoms with Crippen LogP contribution < -0.4 is 15.8 Å². The zero-order chi connectivity index (χ0) is 17.1. The summed E-state index contributed by atoms with van der Waals surface area (Å²) >= 11 is 3.37. The third-order valence-electron chi connectivity index (χ3n) is 3.94. The van der Waals surface area contributed by atoms with Crippen molar-refractivity contribution in [1.82, 2.24) is 5.32 Å². The lowest BCUT2D eigenvalue weighted by atomic mass is 9.80. The normalized spacial score (nSPS) is 19.4. The first-order chi connectivity index (χ1) is 11.5. The van der Waals surface area contributed by atoms with E-state index in [0.29, 0.717) is 24.4 Å². The average molecular weight is 393 g/mol. The summed E-state index contributed by atoms with van der Waals surface area (Å²) in [4.78, 5) is 23.1. The maximum atomic E-state index is 12.1. The number of rotatable bonds is 6. The molecule has 6 nitrogen and oxygen atoms in total. The molecule has 3 N–H and O–H groups in total. The van der Waals surface area contributed by atoms with Gasteiger partial charge in [-0.2, -0.15) is 0 Å². The smallest absolute Gasteiger partial charge is 0.287 e. The lowest BCUT2D eigenvalue weighted by molar-refractivity contribution is -0.124. The number of amides is 2. The number of halogens is 1. The van der Waals surface area contributed by atoms with Crippen LogP contribution in [-0.4, -0.2) is 17.9 Å². The van der Waals surface area contributed by atoms with Gasteiger partial charge in [0.05, 0.1) is 0 Å². The minimum Gasteiger partial charge on any atom is -0.486 e. The van der Waals surface area contributed by atoms with Crippen molar-refractivity contribution in [2.75, 3.05) is 0 Å². The van der Waals surface area contributed by atoms with E-state index in [2.05, 4.69) is 21.2 Å². The zero-order valence-corrected chi connectivity index (χ0v) is 14.4. The van der Waals surface area contributed by atoms with Crippen molar-refractivity contribution in [3.63, 3.8) is 0 Å². The summed E-state index contributed by atoms with van der Waals surface area (Å²) in [5.74, 6) is 0.746. The van der Waals surface area contributed by atoms with Gasteiger partial charge in [0.1, 0.15) is 18.1 Å². The molecule has 1 aliphatic rings. The Hall–Kier alpha value is -2.28. The highest BCUT2D eigenvalue weighted by atomic mass is 79.9. The SMILES string of the molecule is NC(=O)C1CC(NC(=O)c2ccc(COc3cccc(Br)c3)o2)C1. The molecule has 126 valence electrons. The van der Waals surface area contributed by atoms with E-state index in [9.17, 15) is 9.59 Å². The molecule has 24 heavy (non-hydrogen) atoms. The van der Waals surface area contributed by atoms with Gasteiger partial charge in [0.2, 0.25) is 5.91 Å². The maximum absolute atomic E-state index is 12.1. The molecule has 1 aliphatic carbocycles. The van der Waals surface area contributed by atoms with E-state index < -0.39 is 0 Å². The summed E-state index contributed by atoms with van der Waals surface area (Å²) in [6.07, 6.45) is 1.17. The highest BCUT2D eigenvalue weighted by molar-refractivity contribution is 9.10. The Balaban J connectivity index is 1.50. The molecule has 0 unspecified atom stereocenters.